The quantitative estimate of drug-likeness (QED) is 0.439. The Labute approximate surface area is 137 Å². The Bertz CT molecular complexity index is 615. The molecule has 0 bridgehead atoms. The summed E-state index contributed by atoms with van der Waals surface area (Å²) in [6.45, 7) is 1.39. The minimum Gasteiger partial charge on any atom is -0.389 e. The molecule has 6 N–H and O–H groups in total. The van der Waals surface area contributed by atoms with Crippen LogP contribution in [0, 0.1) is 0 Å². The van der Waals surface area contributed by atoms with Gasteiger partial charge in [-0.2, -0.15) is 13.2 Å². The highest BCUT2D eigenvalue weighted by molar-refractivity contribution is 5.86. The third-order valence-corrected chi connectivity index (χ3v) is 3.13. The second kappa shape index (κ2) is 8.34. The van der Waals surface area contributed by atoms with Crippen molar-refractivity contribution in [2.24, 2.45) is 5.73 Å². The first kappa shape index (κ1) is 19.5. The van der Waals surface area contributed by atoms with E-state index < -0.39 is 24.0 Å². The van der Waals surface area contributed by atoms with E-state index in [2.05, 4.69) is 5.32 Å². The number of carbonyl (C=O) groups excluding carboxylic acids is 2. The summed E-state index contributed by atoms with van der Waals surface area (Å²) < 4.78 is 36.7. The molecule has 1 atom stereocenters. The zero-order valence-corrected chi connectivity index (χ0v) is 13.3. The van der Waals surface area contributed by atoms with Crippen LogP contribution >= 0.6 is 0 Å². The van der Waals surface area contributed by atoms with Gasteiger partial charge in [0, 0.05) is 25.2 Å². The van der Waals surface area contributed by atoms with Crippen molar-refractivity contribution in [3.63, 3.8) is 0 Å². The molecule has 0 aliphatic carbocycles. The number of carbonyl (C=O) groups is 2. The monoisotopic (exact) mass is 345 g/mol. The van der Waals surface area contributed by atoms with Crippen LogP contribution in [0.25, 0.3) is 0 Å². The van der Waals surface area contributed by atoms with Gasteiger partial charge in [0.1, 0.15) is 5.69 Å². The number of alkyl halides is 3. The normalized spacial score (nSPS) is 13.7. The van der Waals surface area contributed by atoms with E-state index in [1.165, 1.54) is 19.3 Å². The number of nitrogens with one attached hydrogen (secondary N) is 2. The van der Waals surface area contributed by atoms with Crippen LogP contribution < -0.4 is 21.7 Å². The van der Waals surface area contributed by atoms with E-state index in [4.69, 9.17) is 5.73 Å². The summed E-state index contributed by atoms with van der Waals surface area (Å²) in [4.78, 5) is 23.0. The first-order valence-electron chi connectivity index (χ1n) is 7.13. The van der Waals surface area contributed by atoms with Crippen LogP contribution in [0.1, 0.15) is 13.3 Å². The van der Waals surface area contributed by atoms with Crippen LogP contribution in [0.3, 0.4) is 0 Å². The number of amides is 2. The van der Waals surface area contributed by atoms with Crippen LogP contribution in [0.5, 0.6) is 0 Å². The summed E-state index contributed by atoms with van der Waals surface area (Å²) in [7, 11) is 1.50. The van der Waals surface area contributed by atoms with Gasteiger partial charge in [-0.1, -0.05) is 18.2 Å². The van der Waals surface area contributed by atoms with Gasteiger partial charge in [0.15, 0.2) is 5.70 Å². The van der Waals surface area contributed by atoms with E-state index in [0.29, 0.717) is 5.69 Å². The number of hydrogen-bond acceptors (Lipinski definition) is 4. The fourth-order valence-corrected chi connectivity index (χ4v) is 1.94. The molecular weight excluding hydrogens is 325 g/mol. The average molecular weight is 345 g/mol. The molecule has 1 aromatic rings. The molecule has 0 saturated carbocycles. The van der Waals surface area contributed by atoms with Gasteiger partial charge in [0.2, 0.25) is 0 Å². The number of benzene rings is 1. The van der Waals surface area contributed by atoms with Crippen molar-refractivity contribution < 1.29 is 28.1 Å². The topological polar surface area (TPSA) is 101 Å². The number of rotatable bonds is 6. The predicted molar refractivity (Wildman–Crippen MR) is 81.6 cm³/mol. The zero-order chi connectivity index (χ0) is 18.3. The molecule has 0 aromatic heterocycles. The molecule has 0 heterocycles. The maximum absolute atomic E-state index is 12.2. The fourth-order valence-electron chi connectivity index (χ4n) is 1.94. The molecule has 0 radical (unpaired) electrons. The van der Waals surface area contributed by atoms with Crippen LogP contribution in [-0.2, 0) is 9.59 Å². The fraction of sp³-hybridized carbons (Fsp3) is 0.333. The molecular formula is C15H20F3N4O2+. The Morgan fingerprint density at radius 3 is 2.33 bits per heavy atom. The molecule has 0 aliphatic rings. The van der Waals surface area contributed by atoms with E-state index >= 15 is 0 Å². The molecule has 2 amide bonds. The Morgan fingerprint density at radius 1 is 1.25 bits per heavy atom. The van der Waals surface area contributed by atoms with E-state index in [1.807, 2.05) is 5.32 Å². The summed E-state index contributed by atoms with van der Waals surface area (Å²) in [5, 5.41) is 5.83. The molecule has 24 heavy (non-hydrogen) atoms. The molecule has 0 saturated heterocycles. The van der Waals surface area contributed by atoms with E-state index in [1.54, 1.807) is 30.3 Å². The molecule has 1 aromatic carbocycles. The lowest BCUT2D eigenvalue weighted by Gasteiger charge is -2.17. The largest absolute Gasteiger partial charge is 0.471 e. The molecule has 0 fully saturated rings. The molecule has 0 unspecified atom stereocenters. The Balaban J connectivity index is 2.76. The Hall–Kier alpha value is -2.55. The number of halogens is 3. The summed E-state index contributed by atoms with van der Waals surface area (Å²) >= 11 is 0. The number of hydrogen-bond donors (Lipinski definition) is 4. The Kier molecular flexibility index (Phi) is 6.78. The maximum Gasteiger partial charge on any atom is 0.471 e. The number of quaternary nitrogens is 1. The van der Waals surface area contributed by atoms with Crippen molar-refractivity contribution >= 4 is 17.5 Å². The number of nitrogens with two attached hydrogens (primary N) is 2. The highest BCUT2D eigenvalue weighted by Crippen LogP contribution is 2.15. The van der Waals surface area contributed by atoms with Gasteiger partial charge >= 0.3 is 18.0 Å². The molecule has 1 rings (SSSR count). The van der Waals surface area contributed by atoms with Gasteiger partial charge in [-0.15, -0.1) is 0 Å². The van der Waals surface area contributed by atoms with Gasteiger partial charge in [-0.3, -0.25) is 4.79 Å². The van der Waals surface area contributed by atoms with Gasteiger partial charge in [-0.05, 0) is 19.1 Å². The van der Waals surface area contributed by atoms with Gasteiger partial charge in [0.25, 0.3) is 0 Å². The van der Waals surface area contributed by atoms with Crippen molar-refractivity contribution in [3.8, 4) is 0 Å². The zero-order valence-electron chi connectivity index (χ0n) is 13.3. The first-order chi connectivity index (χ1) is 11.1. The lowest BCUT2D eigenvalue weighted by Crippen LogP contribution is -2.83. The van der Waals surface area contributed by atoms with E-state index in [-0.39, 0.29) is 17.8 Å². The maximum atomic E-state index is 12.2. The highest BCUT2D eigenvalue weighted by Gasteiger charge is 2.39. The molecule has 6 nitrogen and oxygen atoms in total. The first-order valence-corrected chi connectivity index (χ1v) is 7.13. The van der Waals surface area contributed by atoms with Gasteiger partial charge in [-0.25, -0.2) is 10.1 Å². The summed E-state index contributed by atoms with van der Waals surface area (Å²) in [5.74, 6) is -2.51. The van der Waals surface area contributed by atoms with Crippen LogP contribution in [-0.4, -0.2) is 31.1 Å². The predicted octanol–water partition coefficient (Wildman–Crippen LogP) is 0.255. The number of para-hydroxylation sites is 1. The molecule has 9 heteroatoms. The van der Waals surface area contributed by atoms with Crippen LogP contribution in [0.4, 0.5) is 18.9 Å². The van der Waals surface area contributed by atoms with Crippen molar-refractivity contribution in [2.45, 2.75) is 25.6 Å². The summed E-state index contributed by atoms with van der Waals surface area (Å²) in [6, 6.07) is 7.89. The number of primary amides is 1. The lowest BCUT2D eigenvalue weighted by molar-refractivity contribution is -0.479. The summed E-state index contributed by atoms with van der Waals surface area (Å²) in [6.07, 6.45) is -5.00. The van der Waals surface area contributed by atoms with Crippen molar-refractivity contribution in [3.05, 3.63) is 41.7 Å². The second-order valence-corrected chi connectivity index (χ2v) is 5.14. The van der Waals surface area contributed by atoms with Gasteiger partial charge in [0.05, 0.1) is 0 Å². The van der Waals surface area contributed by atoms with Crippen molar-refractivity contribution in [1.82, 2.24) is 10.6 Å². The van der Waals surface area contributed by atoms with Crippen molar-refractivity contribution in [2.75, 3.05) is 7.05 Å². The van der Waals surface area contributed by atoms with Crippen molar-refractivity contribution in [1.29, 1.82) is 0 Å². The SMILES string of the molecule is CN/C(C[C@H](C)NC(=O)C(F)(F)F)=C(/N)C(=O)[NH2+]c1ccccc1. The third kappa shape index (κ3) is 5.92. The van der Waals surface area contributed by atoms with Crippen LogP contribution in [0.2, 0.25) is 0 Å². The molecule has 0 spiro atoms. The van der Waals surface area contributed by atoms with E-state index in [0.717, 1.165) is 0 Å². The minimum atomic E-state index is -4.96. The van der Waals surface area contributed by atoms with Crippen LogP contribution in [0.15, 0.2) is 41.7 Å². The smallest absolute Gasteiger partial charge is 0.389 e. The van der Waals surface area contributed by atoms with Gasteiger partial charge < -0.3 is 16.4 Å². The summed E-state index contributed by atoms with van der Waals surface area (Å²) in [5.41, 5.74) is 6.57. The van der Waals surface area contributed by atoms with E-state index in [9.17, 15) is 22.8 Å². The second-order valence-electron chi connectivity index (χ2n) is 5.14. The minimum absolute atomic E-state index is 0.0431. The Morgan fingerprint density at radius 2 is 1.83 bits per heavy atom. The lowest BCUT2D eigenvalue weighted by atomic mass is 10.1. The molecule has 0 aliphatic heterocycles. The highest BCUT2D eigenvalue weighted by atomic mass is 19.4. The average Bonchev–Trinajstić information content (AvgIpc) is 2.51. The standard InChI is InChI=1S/C15H19F3N4O2/c1-9(21-14(24)15(16,17)18)8-11(20-2)12(19)13(23)22-10-6-4-3-5-7-10/h3-7,9,20H,8,19H2,1-2H3,(H,21,24)(H,22,23)/p+1/b12-11+/t9-/m0/s1. The third-order valence-electron chi connectivity index (χ3n) is 3.13. The molecule has 132 valence electrons.